The number of hydrogen-bond acceptors (Lipinski definition) is 0. The highest BCUT2D eigenvalue weighted by molar-refractivity contribution is 6.41. The molecule has 0 spiro atoms. The normalized spacial score (nSPS) is 57.2. The van der Waals surface area contributed by atoms with E-state index in [0.29, 0.717) is 0 Å². The van der Waals surface area contributed by atoms with Crippen molar-refractivity contribution >= 4 is 15.7 Å². The van der Waals surface area contributed by atoms with Crippen LogP contribution >= 0.6 is 0 Å². The predicted molar refractivity (Wildman–Crippen MR) is 88.2 cm³/mol. The Labute approximate surface area is 133 Å². The molecule has 110 valence electrons. The van der Waals surface area contributed by atoms with E-state index in [1.165, 1.54) is 32.1 Å². The van der Waals surface area contributed by atoms with Gasteiger partial charge in [0.15, 0.2) is 0 Å². The minimum atomic E-state index is -0.502. The molecule has 7 aliphatic rings. The van der Waals surface area contributed by atoms with Gasteiger partial charge in [0, 0.05) is 0 Å². The molecule has 7 aliphatic carbocycles. The Morgan fingerprint density at radius 1 is 0.762 bits per heavy atom. The molecule has 4 unspecified atom stereocenters. The second-order valence-corrected chi connectivity index (χ2v) is 10.5. The molecule has 7 fully saturated rings. The van der Waals surface area contributed by atoms with Gasteiger partial charge in [0.05, 0.1) is 15.7 Å². The van der Waals surface area contributed by atoms with E-state index in [0.717, 1.165) is 41.4 Å². The summed E-state index contributed by atoms with van der Waals surface area (Å²) in [5, 5.41) is -0.502. The Morgan fingerprint density at radius 3 is 1.81 bits per heavy atom. The fourth-order valence-electron chi connectivity index (χ4n) is 8.44. The van der Waals surface area contributed by atoms with Gasteiger partial charge in [0.2, 0.25) is 0 Å². The minimum absolute atomic E-state index is 0.00327. The van der Waals surface area contributed by atoms with E-state index in [2.05, 4.69) is 20.8 Å². The van der Waals surface area contributed by atoms with Gasteiger partial charge in [-0.25, -0.2) is 0 Å². The van der Waals surface area contributed by atoms with Crippen molar-refractivity contribution in [2.24, 2.45) is 52.3 Å². The second-order valence-electron chi connectivity index (χ2n) is 10.5. The molecule has 21 heavy (non-hydrogen) atoms. The third kappa shape index (κ3) is 1.31. The molecule has 0 heterocycles. The maximum Gasteiger partial charge on any atom is 0.0635 e. The highest BCUT2D eigenvalue weighted by Gasteiger charge is 2.73. The van der Waals surface area contributed by atoms with Gasteiger partial charge in [-0.05, 0) is 90.8 Å². The van der Waals surface area contributed by atoms with Crippen LogP contribution in [0.2, 0.25) is 5.21 Å². The number of rotatable bonds is 1. The summed E-state index contributed by atoms with van der Waals surface area (Å²) in [6.45, 7) is 6.84. The van der Waals surface area contributed by atoms with Gasteiger partial charge in [0.25, 0.3) is 0 Å². The van der Waals surface area contributed by atoms with Gasteiger partial charge in [0.1, 0.15) is 0 Å². The van der Waals surface area contributed by atoms with Crippen LogP contribution in [0.4, 0.5) is 0 Å². The van der Waals surface area contributed by atoms with Crippen LogP contribution in [-0.4, -0.2) is 15.7 Å². The summed E-state index contributed by atoms with van der Waals surface area (Å²) in [7, 11) is 14.0. The Balaban J connectivity index is 1.70. The molecule has 0 aromatic carbocycles. The summed E-state index contributed by atoms with van der Waals surface area (Å²) in [4.78, 5) is 0. The number of hydrogen-bond donors (Lipinski definition) is 0. The molecule has 0 aromatic rings. The SMILES string of the molecule is [B]C([B])(C(C)(C)C)C12CC3CC4C5CC(CC41)CC2C5C3. The fourth-order valence-corrected chi connectivity index (χ4v) is 8.44. The van der Waals surface area contributed by atoms with Crippen LogP contribution in [-0.2, 0) is 0 Å². The van der Waals surface area contributed by atoms with E-state index in [1.54, 1.807) is 6.42 Å². The molecule has 2 heteroatoms. The molecular formula is C19H28B2. The van der Waals surface area contributed by atoms with Crippen molar-refractivity contribution in [2.75, 3.05) is 0 Å². The van der Waals surface area contributed by atoms with Crippen LogP contribution in [0.5, 0.6) is 0 Å². The summed E-state index contributed by atoms with van der Waals surface area (Å²) < 4.78 is 0. The highest BCUT2D eigenvalue weighted by atomic mass is 14.8. The lowest BCUT2D eigenvalue weighted by molar-refractivity contribution is -0.269. The van der Waals surface area contributed by atoms with E-state index in [1.807, 2.05) is 0 Å². The smallest absolute Gasteiger partial charge is 0.0635 e. The molecule has 8 bridgehead atoms. The van der Waals surface area contributed by atoms with E-state index in [9.17, 15) is 0 Å². The van der Waals surface area contributed by atoms with Crippen molar-refractivity contribution in [3.8, 4) is 0 Å². The van der Waals surface area contributed by atoms with Crippen LogP contribution in [0.3, 0.4) is 0 Å². The zero-order chi connectivity index (χ0) is 14.8. The van der Waals surface area contributed by atoms with Gasteiger partial charge >= 0.3 is 0 Å². The van der Waals surface area contributed by atoms with Crippen molar-refractivity contribution in [2.45, 2.75) is 64.5 Å². The molecule has 4 radical (unpaired) electrons. The summed E-state index contributed by atoms with van der Waals surface area (Å²) in [5.74, 6) is 6.65. The third-order valence-electron chi connectivity index (χ3n) is 9.09. The average molecular weight is 278 g/mol. The van der Waals surface area contributed by atoms with Crippen LogP contribution in [0, 0.1) is 52.3 Å². The molecule has 4 atom stereocenters. The molecule has 0 N–H and O–H groups in total. The quantitative estimate of drug-likeness (QED) is 0.631. The zero-order valence-electron chi connectivity index (χ0n) is 13.9. The average Bonchev–Trinajstić information content (AvgIpc) is 2.42. The van der Waals surface area contributed by atoms with Gasteiger partial charge in [-0.3, -0.25) is 0 Å². The summed E-state index contributed by atoms with van der Waals surface area (Å²) in [6, 6.07) is 0. The maximum absolute atomic E-state index is 7.02. The van der Waals surface area contributed by atoms with Crippen molar-refractivity contribution in [1.29, 1.82) is 0 Å². The standard InChI is InChI=1S/C19H28B2/c1-17(2,3)19(20,21)18-9-11-5-13-12-4-10(7-15(13)18)8-16(18)14(12)6-11/h10-16H,4-9H2,1-3H3. The Hall–Kier alpha value is 0.130. The van der Waals surface area contributed by atoms with Crippen molar-refractivity contribution in [3.63, 3.8) is 0 Å². The molecular weight excluding hydrogens is 250 g/mol. The lowest BCUT2D eigenvalue weighted by Gasteiger charge is -2.80. The monoisotopic (exact) mass is 278 g/mol. The lowest BCUT2D eigenvalue weighted by Crippen LogP contribution is -2.72. The van der Waals surface area contributed by atoms with E-state index >= 15 is 0 Å². The highest BCUT2D eigenvalue weighted by Crippen LogP contribution is 2.81. The predicted octanol–water partition coefficient (Wildman–Crippen LogP) is 4.19. The van der Waals surface area contributed by atoms with Crippen molar-refractivity contribution in [3.05, 3.63) is 0 Å². The van der Waals surface area contributed by atoms with Gasteiger partial charge in [-0.2, -0.15) is 0 Å². The third-order valence-corrected chi connectivity index (χ3v) is 9.09. The zero-order valence-corrected chi connectivity index (χ0v) is 13.9. The van der Waals surface area contributed by atoms with E-state index < -0.39 is 5.21 Å². The minimum Gasteiger partial charge on any atom is -0.0884 e. The van der Waals surface area contributed by atoms with Crippen LogP contribution in [0.1, 0.15) is 59.3 Å². The molecule has 0 amide bonds. The Kier molecular flexibility index (Phi) is 2.34. The first-order chi connectivity index (χ1) is 9.75. The van der Waals surface area contributed by atoms with E-state index in [4.69, 9.17) is 15.7 Å². The lowest BCUT2D eigenvalue weighted by atomic mass is 9.19. The van der Waals surface area contributed by atoms with E-state index in [-0.39, 0.29) is 10.8 Å². The maximum atomic E-state index is 7.02. The largest absolute Gasteiger partial charge is 0.0884 e. The topological polar surface area (TPSA) is 0 Å². The van der Waals surface area contributed by atoms with Crippen molar-refractivity contribution in [1.82, 2.24) is 0 Å². The first-order valence-corrected chi connectivity index (χ1v) is 9.33. The van der Waals surface area contributed by atoms with Gasteiger partial charge < -0.3 is 0 Å². The summed E-state index contributed by atoms with van der Waals surface area (Å²) in [6.07, 6.45) is 8.80. The molecule has 0 nitrogen and oxygen atoms in total. The summed E-state index contributed by atoms with van der Waals surface area (Å²) >= 11 is 0. The molecule has 0 aromatic heterocycles. The van der Waals surface area contributed by atoms with Crippen LogP contribution in [0.25, 0.3) is 0 Å². The molecule has 0 aliphatic heterocycles. The van der Waals surface area contributed by atoms with Gasteiger partial charge in [-0.1, -0.05) is 26.0 Å². The molecule has 7 saturated carbocycles. The molecule has 0 saturated heterocycles. The summed E-state index contributed by atoms with van der Waals surface area (Å²) in [5.41, 5.74) is 0.256. The fraction of sp³-hybridized carbons (Fsp3) is 1.00. The van der Waals surface area contributed by atoms with Crippen LogP contribution < -0.4 is 0 Å². The molecule has 7 rings (SSSR count). The van der Waals surface area contributed by atoms with Crippen LogP contribution in [0.15, 0.2) is 0 Å². The van der Waals surface area contributed by atoms with Gasteiger partial charge in [-0.15, -0.1) is 0 Å². The first kappa shape index (κ1) is 13.6. The first-order valence-electron chi connectivity index (χ1n) is 9.33. The Bertz CT molecular complexity index is 464. The second kappa shape index (κ2) is 3.62. The van der Waals surface area contributed by atoms with Crippen molar-refractivity contribution < 1.29 is 0 Å². The Morgan fingerprint density at radius 2 is 1.29 bits per heavy atom.